The van der Waals surface area contributed by atoms with Crippen molar-refractivity contribution < 1.29 is 39.5 Å². The molecule has 14 heteroatoms. The lowest BCUT2D eigenvalue weighted by Gasteiger charge is -2.12. The Hall–Kier alpha value is -2.16. The summed E-state index contributed by atoms with van der Waals surface area (Å²) in [5.41, 5.74) is -0.189. The molecule has 0 aliphatic carbocycles. The summed E-state index contributed by atoms with van der Waals surface area (Å²) < 4.78 is 92.3. The lowest BCUT2D eigenvalue weighted by molar-refractivity contribution is -0.136. The zero-order chi connectivity index (χ0) is 23.4. The molecule has 0 aromatic heterocycles. The first-order chi connectivity index (χ1) is 14.2. The van der Waals surface area contributed by atoms with Gasteiger partial charge in [0.15, 0.2) is 0 Å². The monoisotopic (exact) mass is 544 g/mol. The van der Waals surface area contributed by atoms with E-state index in [9.17, 15) is 34.8 Å². The summed E-state index contributed by atoms with van der Waals surface area (Å²) in [6, 6.07) is 8.17. The maximum Gasteiger partial charge on any atom is 0.389 e. The van der Waals surface area contributed by atoms with Crippen LogP contribution in [0.4, 0.5) is 13.2 Å². The molecule has 0 fully saturated rings. The molecule has 0 saturated carbocycles. The minimum absolute atomic E-state index is 0.0251. The van der Waals surface area contributed by atoms with E-state index in [1.807, 2.05) is 0 Å². The van der Waals surface area contributed by atoms with Gasteiger partial charge < -0.3 is 4.74 Å². The average Bonchev–Trinajstić information content (AvgIpc) is 2.64. The van der Waals surface area contributed by atoms with Crippen molar-refractivity contribution in [2.45, 2.75) is 28.8 Å². The molecule has 3 N–H and O–H groups in total. The van der Waals surface area contributed by atoms with Crippen LogP contribution in [0.15, 0.2) is 56.7 Å². The number of hydrogen-bond acceptors (Lipinski definition) is 6. The average molecular weight is 545 g/mol. The molecule has 1 amide bonds. The molecule has 0 unspecified atom stereocenters. The second-order valence-corrected chi connectivity index (χ2v) is 10.2. The molecule has 31 heavy (non-hydrogen) atoms. The number of nitrogens with one attached hydrogen (secondary N) is 1. The van der Waals surface area contributed by atoms with Crippen molar-refractivity contribution in [3.05, 3.63) is 52.5 Å². The van der Waals surface area contributed by atoms with Crippen molar-refractivity contribution in [3.63, 3.8) is 0 Å². The Balaban J connectivity index is 2.21. The lowest BCUT2D eigenvalue weighted by atomic mass is 10.2. The fraction of sp³-hybridized carbons (Fsp3) is 0.235. The Labute approximate surface area is 184 Å². The van der Waals surface area contributed by atoms with Crippen LogP contribution in [0.2, 0.25) is 0 Å². The highest BCUT2D eigenvalue weighted by Crippen LogP contribution is 2.28. The standard InChI is InChI=1S/C17H16BrF3N2O6S2/c18-12-7-6-11(10-13(12)29-9-3-8-17(19,20)21)16(24)23-31(27,28)15-5-2-1-4-14(15)30(22,25)26/h1-2,4-7,10H,3,8-9H2,(H,23,24)(H2,22,25,26). The smallest absolute Gasteiger partial charge is 0.389 e. The predicted molar refractivity (Wildman–Crippen MR) is 107 cm³/mol. The molecule has 2 rings (SSSR count). The van der Waals surface area contributed by atoms with Gasteiger partial charge >= 0.3 is 6.18 Å². The molecular formula is C17H16BrF3N2O6S2. The molecule has 0 saturated heterocycles. The maximum atomic E-state index is 12.5. The summed E-state index contributed by atoms with van der Waals surface area (Å²) in [6.07, 6.45) is -5.69. The molecule has 0 atom stereocenters. The third kappa shape index (κ3) is 7.19. The van der Waals surface area contributed by atoms with E-state index >= 15 is 0 Å². The van der Waals surface area contributed by atoms with E-state index in [0.717, 1.165) is 18.2 Å². The summed E-state index contributed by atoms with van der Waals surface area (Å²) in [5, 5.41) is 5.02. The van der Waals surface area contributed by atoms with E-state index in [4.69, 9.17) is 9.88 Å². The second kappa shape index (κ2) is 9.54. The number of sulfonamides is 2. The summed E-state index contributed by atoms with van der Waals surface area (Å²) >= 11 is 3.12. The number of primary sulfonamides is 1. The number of carbonyl (C=O) groups excluding carboxylic acids is 1. The summed E-state index contributed by atoms with van der Waals surface area (Å²) in [5.74, 6) is -1.09. The van der Waals surface area contributed by atoms with Gasteiger partial charge in [-0.25, -0.2) is 26.7 Å². The Morgan fingerprint density at radius 2 is 1.68 bits per heavy atom. The van der Waals surface area contributed by atoms with Crippen LogP contribution in [-0.4, -0.2) is 35.5 Å². The summed E-state index contributed by atoms with van der Waals surface area (Å²) in [4.78, 5) is 11.0. The van der Waals surface area contributed by atoms with Gasteiger partial charge in [0.25, 0.3) is 15.9 Å². The Morgan fingerprint density at radius 1 is 1.06 bits per heavy atom. The normalized spacial score (nSPS) is 12.4. The molecule has 0 aliphatic heterocycles. The van der Waals surface area contributed by atoms with Gasteiger partial charge in [-0.05, 0) is 52.7 Å². The second-order valence-electron chi connectivity index (χ2n) is 6.14. The van der Waals surface area contributed by atoms with E-state index in [0.29, 0.717) is 4.47 Å². The van der Waals surface area contributed by atoms with Crippen LogP contribution in [-0.2, 0) is 20.0 Å². The van der Waals surface area contributed by atoms with Gasteiger partial charge in [0, 0.05) is 12.0 Å². The predicted octanol–water partition coefficient (Wildman–Crippen LogP) is 2.94. The number of hydrogen-bond donors (Lipinski definition) is 2. The van der Waals surface area contributed by atoms with Crippen molar-refractivity contribution in [3.8, 4) is 5.75 Å². The summed E-state index contributed by atoms with van der Waals surface area (Å²) in [7, 11) is -9.01. The highest BCUT2D eigenvalue weighted by molar-refractivity contribution is 9.10. The number of alkyl halides is 3. The van der Waals surface area contributed by atoms with Crippen LogP contribution in [0, 0.1) is 0 Å². The topological polar surface area (TPSA) is 133 Å². The van der Waals surface area contributed by atoms with E-state index in [-0.39, 0.29) is 24.3 Å². The number of benzene rings is 2. The lowest BCUT2D eigenvalue weighted by Crippen LogP contribution is -2.32. The molecule has 2 aromatic rings. The first-order valence-electron chi connectivity index (χ1n) is 8.39. The van der Waals surface area contributed by atoms with Gasteiger partial charge in [0.05, 0.1) is 11.1 Å². The van der Waals surface area contributed by atoms with Crippen LogP contribution >= 0.6 is 15.9 Å². The molecule has 0 aliphatic rings. The van der Waals surface area contributed by atoms with E-state index in [2.05, 4.69) is 15.9 Å². The molecule has 0 spiro atoms. The zero-order valence-electron chi connectivity index (χ0n) is 15.5. The van der Waals surface area contributed by atoms with Gasteiger partial charge in [0.2, 0.25) is 10.0 Å². The van der Waals surface area contributed by atoms with Crippen molar-refractivity contribution >= 4 is 41.9 Å². The Bertz CT molecular complexity index is 1180. The van der Waals surface area contributed by atoms with Crippen molar-refractivity contribution in [1.29, 1.82) is 0 Å². The number of carbonyl (C=O) groups is 1. The molecule has 0 radical (unpaired) electrons. The van der Waals surface area contributed by atoms with Crippen LogP contribution in [0.3, 0.4) is 0 Å². The van der Waals surface area contributed by atoms with Gasteiger partial charge in [-0.15, -0.1) is 0 Å². The molecule has 170 valence electrons. The number of rotatable bonds is 8. The first kappa shape index (κ1) is 25.1. The molecule has 8 nitrogen and oxygen atoms in total. The van der Waals surface area contributed by atoms with Gasteiger partial charge in [-0.2, -0.15) is 13.2 Å². The van der Waals surface area contributed by atoms with Crippen molar-refractivity contribution in [2.24, 2.45) is 5.14 Å². The van der Waals surface area contributed by atoms with Crippen molar-refractivity contribution in [2.75, 3.05) is 6.61 Å². The fourth-order valence-corrected chi connectivity index (χ4v) is 5.07. The first-order valence-corrected chi connectivity index (χ1v) is 12.2. The number of amides is 1. The van der Waals surface area contributed by atoms with Gasteiger partial charge in [0.1, 0.15) is 15.5 Å². The quantitative estimate of drug-likeness (QED) is 0.491. The molecule has 0 bridgehead atoms. The van der Waals surface area contributed by atoms with Crippen LogP contribution < -0.4 is 14.6 Å². The largest absolute Gasteiger partial charge is 0.492 e. The van der Waals surface area contributed by atoms with Crippen molar-refractivity contribution in [1.82, 2.24) is 4.72 Å². The fourth-order valence-electron chi connectivity index (χ4n) is 2.35. The number of nitrogens with two attached hydrogens (primary N) is 1. The van der Waals surface area contributed by atoms with Crippen LogP contribution in [0.5, 0.6) is 5.75 Å². The zero-order valence-corrected chi connectivity index (χ0v) is 18.7. The van der Waals surface area contributed by atoms with E-state index in [1.165, 1.54) is 24.3 Å². The van der Waals surface area contributed by atoms with Gasteiger partial charge in [-0.1, -0.05) is 12.1 Å². The number of halogens is 4. The number of ether oxygens (including phenoxy) is 1. The van der Waals surface area contributed by atoms with Crippen LogP contribution in [0.25, 0.3) is 0 Å². The summed E-state index contributed by atoms with van der Waals surface area (Å²) in [6.45, 7) is -0.288. The minimum atomic E-state index is -4.62. The highest BCUT2D eigenvalue weighted by atomic mass is 79.9. The molecular weight excluding hydrogens is 529 g/mol. The maximum absolute atomic E-state index is 12.5. The molecule has 2 aromatic carbocycles. The SMILES string of the molecule is NS(=O)(=O)c1ccccc1S(=O)(=O)NC(=O)c1ccc(Br)c(OCCCC(F)(F)F)c1. The van der Waals surface area contributed by atoms with E-state index < -0.39 is 48.3 Å². The Morgan fingerprint density at radius 3 is 2.26 bits per heavy atom. The highest BCUT2D eigenvalue weighted by Gasteiger charge is 2.27. The van der Waals surface area contributed by atoms with Crippen LogP contribution in [0.1, 0.15) is 23.2 Å². The molecule has 0 heterocycles. The Kier molecular flexibility index (Phi) is 7.73. The third-order valence-corrected chi connectivity index (χ3v) is 6.87. The van der Waals surface area contributed by atoms with Gasteiger partial charge in [-0.3, -0.25) is 4.79 Å². The third-order valence-electron chi connectivity index (χ3n) is 3.73. The minimum Gasteiger partial charge on any atom is -0.492 e. The van der Waals surface area contributed by atoms with E-state index in [1.54, 1.807) is 4.72 Å².